The fourth-order valence-corrected chi connectivity index (χ4v) is 1.55. The lowest BCUT2D eigenvalue weighted by Gasteiger charge is -2.17. The number of alkyl halides is 1. The van der Waals surface area contributed by atoms with Crippen molar-refractivity contribution >= 4 is 45.1 Å². The van der Waals surface area contributed by atoms with E-state index in [-0.39, 0.29) is 27.9 Å². The number of esters is 1. The van der Waals surface area contributed by atoms with E-state index in [1.807, 2.05) is 0 Å². The van der Waals surface area contributed by atoms with Crippen molar-refractivity contribution in [3.8, 4) is 5.75 Å². The molecule has 0 heterocycles. The van der Waals surface area contributed by atoms with Crippen molar-refractivity contribution in [1.29, 1.82) is 0 Å². The van der Waals surface area contributed by atoms with E-state index < -0.39 is 10.3 Å². The molecular weight excluding hydrogens is 337 g/mol. The maximum Gasteiger partial charge on any atom is 0.341 e. The number of phenolic OH excluding ortho intramolecular Hbond substituents is 1. The highest BCUT2D eigenvalue weighted by molar-refractivity contribution is 9.10. The number of aromatic hydroxyl groups is 1. The van der Waals surface area contributed by atoms with Gasteiger partial charge in [-0.25, -0.2) is 4.79 Å². The van der Waals surface area contributed by atoms with Crippen LogP contribution in [0.3, 0.4) is 0 Å². The lowest BCUT2D eigenvalue weighted by molar-refractivity contribution is -0.117. The van der Waals surface area contributed by atoms with E-state index in [1.54, 1.807) is 13.8 Å². The third kappa shape index (κ3) is 3.84. The van der Waals surface area contributed by atoms with Gasteiger partial charge in [0.05, 0.1) is 17.1 Å². The van der Waals surface area contributed by atoms with Crippen molar-refractivity contribution in [2.24, 2.45) is 0 Å². The highest BCUT2D eigenvalue weighted by Crippen LogP contribution is 2.33. The molecule has 0 radical (unpaired) electrons. The maximum atomic E-state index is 11.8. The molecule has 0 aliphatic rings. The number of hydrogen-bond donors (Lipinski definition) is 2. The molecule has 5 nitrogen and oxygen atoms in total. The van der Waals surface area contributed by atoms with E-state index >= 15 is 0 Å². The van der Waals surface area contributed by atoms with Crippen LogP contribution in [0.25, 0.3) is 0 Å². The van der Waals surface area contributed by atoms with E-state index in [0.29, 0.717) is 0 Å². The minimum Gasteiger partial charge on any atom is -0.505 e. The molecule has 0 bridgehead atoms. The number of carbonyl (C=O) groups excluding carboxylic acids is 2. The quantitative estimate of drug-likeness (QED) is 0.499. The third-order valence-electron chi connectivity index (χ3n) is 2.27. The summed E-state index contributed by atoms with van der Waals surface area (Å²) in [6, 6.07) is 2.61. The predicted octanol–water partition coefficient (Wildman–Crippen LogP) is 2.94. The van der Waals surface area contributed by atoms with Crippen molar-refractivity contribution in [2.75, 3.05) is 12.4 Å². The molecule has 1 amide bonds. The Morgan fingerprint density at radius 3 is 2.47 bits per heavy atom. The summed E-state index contributed by atoms with van der Waals surface area (Å²) < 4.78 is 3.69. The average Bonchev–Trinajstić information content (AvgIpc) is 2.31. The number of anilines is 1. The molecule has 104 valence electrons. The fourth-order valence-electron chi connectivity index (χ4n) is 1.23. The zero-order valence-electron chi connectivity index (χ0n) is 10.6. The number of carbonyl (C=O) groups is 2. The van der Waals surface area contributed by atoms with Crippen LogP contribution in [0.5, 0.6) is 5.75 Å². The van der Waals surface area contributed by atoms with Gasteiger partial charge in [-0.2, -0.15) is 0 Å². The van der Waals surface area contributed by atoms with Crippen LogP contribution in [0.2, 0.25) is 5.02 Å². The van der Waals surface area contributed by atoms with Crippen LogP contribution < -0.4 is 5.32 Å². The van der Waals surface area contributed by atoms with Crippen LogP contribution in [0, 0.1) is 0 Å². The first-order chi connectivity index (χ1) is 8.66. The van der Waals surface area contributed by atoms with Crippen molar-refractivity contribution in [1.82, 2.24) is 0 Å². The molecule has 0 saturated carbocycles. The summed E-state index contributed by atoms with van der Waals surface area (Å²) >= 11 is 9.03. The topological polar surface area (TPSA) is 75.6 Å². The van der Waals surface area contributed by atoms with Gasteiger partial charge in [-0.15, -0.1) is 0 Å². The number of phenols is 1. The van der Waals surface area contributed by atoms with Crippen LogP contribution in [0.15, 0.2) is 12.1 Å². The number of nitrogens with one attached hydrogen (secondary N) is 1. The molecule has 0 fully saturated rings. The first-order valence-corrected chi connectivity index (χ1v) is 6.45. The van der Waals surface area contributed by atoms with Gasteiger partial charge in [-0.3, -0.25) is 4.79 Å². The Morgan fingerprint density at radius 2 is 2.00 bits per heavy atom. The summed E-state index contributed by atoms with van der Waals surface area (Å²) in [5, 5.41) is 12.6. The summed E-state index contributed by atoms with van der Waals surface area (Å²) in [4.78, 5) is 23.3. The molecule has 7 heteroatoms. The molecule has 2 N–H and O–H groups in total. The highest BCUT2D eigenvalue weighted by Gasteiger charge is 2.26. The molecule has 0 aromatic heterocycles. The molecule has 0 aliphatic carbocycles. The lowest BCUT2D eigenvalue weighted by Crippen LogP contribution is -2.31. The molecule has 0 unspecified atom stereocenters. The molecule has 0 saturated heterocycles. The van der Waals surface area contributed by atoms with E-state index in [1.165, 1.54) is 19.2 Å². The fraction of sp³-hybridized carbons (Fsp3) is 0.333. The largest absolute Gasteiger partial charge is 0.505 e. The minimum absolute atomic E-state index is 0.0467. The Bertz CT molecular complexity index is 525. The summed E-state index contributed by atoms with van der Waals surface area (Å²) in [5.74, 6) is -1.52. The lowest BCUT2D eigenvalue weighted by atomic mass is 10.1. The number of hydrogen-bond acceptors (Lipinski definition) is 4. The van der Waals surface area contributed by atoms with E-state index in [4.69, 9.17) is 11.6 Å². The Balaban J connectivity index is 3.19. The Labute approximate surface area is 124 Å². The van der Waals surface area contributed by atoms with Gasteiger partial charge in [0, 0.05) is 5.02 Å². The first-order valence-electron chi connectivity index (χ1n) is 5.28. The van der Waals surface area contributed by atoms with Crippen LogP contribution in [-0.2, 0) is 9.53 Å². The second-order valence-corrected chi connectivity index (χ2v) is 6.69. The van der Waals surface area contributed by atoms with Gasteiger partial charge < -0.3 is 15.2 Å². The van der Waals surface area contributed by atoms with Gasteiger partial charge in [0.2, 0.25) is 5.91 Å². The van der Waals surface area contributed by atoms with Gasteiger partial charge >= 0.3 is 5.97 Å². The number of methoxy groups -OCH3 is 1. The SMILES string of the molecule is COC(=O)c1cc(Cl)cc(NC(=O)C(C)(C)Br)c1O. The van der Waals surface area contributed by atoms with Crippen LogP contribution in [0.4, 0.5) is 5.69 Å². The zero-order chi connectivity index (χ0) is 14.8. The summed E-state index contributed by atoms with van der Waals surface area (Å²) in [5.41, 5.74) is -0.0666. The molecule has 0 aliphatic heterocycles. The third-order valence-corrected chi connectivity index (χ3v) is 2.85. The number of halogens is 2. The van der Waals surface area contributed by atoms with Gasteiger partial charge in [-0.05, 0) is 26.0 Å². The Morgan fingerprint density at radius 1 is 1.42 bits per heavy atom. The molecule has 19 heavy (non-hydrogen) atoms. The van der Waals surface area contributed by atoms with Crippen LogP contribution >= 0.6 is 27.5 Å². The summed E-state index contributed by atoms with van der Waals surface area (Å²) in [6.45, 7) is 3.29. The van der Waals surface area contributed by atoms with Gasteiger partial charge in [0.25, 0.3) is 0 Å². The van der Waals surface area contributed by atoms with E-state index in [0.717, 1.165) is 0 Å². The standard InChI is InChI=1S/C12H13BrClNO4/c1-12(2,13)11(18)15-8-5-6(14)4-7(9(8)16)10(17)19-3/h4-5,16H,1-3H3,(H,15,18). The van der Waals surface area contributed by atoms with Crippen molar-refractivity contribution < 1.29 is 19.4 Å². The monoisotopic (exact) mass is 349 g/mol. The van der Waals surface area contributed by atoms with Gasteiger partial charge in [-0.1, -0.05) is 27.5 Å². The molecular formula is C12H13BrClNO4. The molecule has 1 aromatic carbocycles. The van der Waals surface area contributed by atoms with Gasteiger partial charge in [0.15, 0.2) is 5.75 Å². The van der Waals surface area contributed by atoms with Crippen LogP contribution in [-0.4, -0.2) is 28.4 Å². The molecule has 1 aromatic rings. The zero-order valence-corrected chi connectivity index (χ0v) is 12.9. The minimum atomic E-state index is -0.826. The number of ether oxygens (including phenoxy) is 1. The second kappa shape index (κ2) is 5.79. The normalized spacial score (nSPS) is 11.0. The van der Waals surface area contributed by atoms with Crippen molar-refractivity contribution in [2.45, 2.75) is 18.2 Å². The molecule has 1 rings (SSSR count). The number of benzene rings is 1. The summed E-state index contributed by atoms with van der Waals surface area (Å²) in [6.07, 6.45) is 0. The predicted molar refractivity (Wildman–Crippen MR) is 76.1 cm³/mol. The van der Waals surface area contributed by atoms with E-state index in [9.17, 15) is 14.7 Å². The number of rotatable bonds is 3. The first kappa shape index (κ1) is 15.8. The van der Waals surface area contributed by atoms with Crippen molar-refractivity contribution in [3.05, 3.63) is 22.7 Å². The Kier molecular flexibility index (Phi) is 4.81. The van der Waals surface area contributed by atoms with Gasteiger partial charge in [0.1, 0.15) is 5.56 Å². The Hall–Kier alpha value is -1.27. The smallest absolute Gasteiger partial charge is 0.341 e. The number of amides is 1. The maximum absolute atomic E-state index is 11.8. The molecule has 0 spiro atoms. The highest BCUT2D eigenvalue weighted by atomic mass is 79.9. The average molecular weight is 351 g/mol. The summed E-state index contributed by atoms with van der Waals surface area (Å²) in [7, 11) is 1.18. The second-order valence-electron chi connectivity index (χ2n) is 4.27. The van der Waals surface area contributed by atoms with Crippen LogP contribution in [0.1, 0.15) is 24.2 Å². The van der Waals surface area contributed by atoms with Crippen molar-refractivity contribution in [3.63, 3.8) is 0 Å². The van der Waals surface area contributed by atoms with E-state index in [2.05, 4.69) is 26.0 Å². The molecule has 0 atom stereocenters.